The van der Waals surface area contributed by atoms with Crippen LogP contribution in [0.4, 0.5) is 4.79 Å². The molecule has 4 rings (SSSR count). The molecule has 23 heavy (non-hydrogen) atoms. The lowest BCUT2D eigenvalue weighted by Gasteiger charge is -2.34. The van der Waals surface area contributed by atoms with Gasteiger partial charge in [0.15, 0.2) is 18.2 Å². The van der Waals surface area contributed by atoms with E-state index in [4.69, 9.17) is 0 Å². The highest BCUT2D eigenvalue weighted by Crippen LogP contribution is 2.29. The zero-order chi connectivity index (χ0) is 16.1. The quantitative estimate of drug-likeness (QED) is 0.856. The molecule has 0 bridgehead atoms. The number of carbonyl (C=O) groups excluding carboxylic acids is 2. The third-order valence-electron chi connectivity index (χ3n) is 4.73. The molecule has 1 aromatic carbocycles. The van der Waals surface area contributed by atoms with Gasteiger partial charge in [0.25, 0.3) is 5.91 Å². The molecule has 0 radical (unpaired) electrons. The van der Waals surface area contributed by atoms with Gasteiger partial charge in [0.05, 0.1) is 0 Å². The lowest BCUT2D eigenvalue weighted by molar-refractivity contribution is -0.126. The highest BCUT2D eigenvalue weighted by Gasteiger charge is 2.51. The molecule has 7 heteroatoms. The highest BCUT2D eigenvalue weighted by atomic mass is 16.2. The molecule has 0 spiro atoms. The van der Waals surface area contributed by atoms with Crippen LogP contribution in [-0.4, -0.2) is 64.9 Å². The van der Waals surface area contributed by atoms with E-state index in [9.17, 15) is 9.59 Å². The first-order valence-corrected chi connectivity index (χ1v) is 7.77. The Morgan fingerprint density at radius 3 is 2.70 bits per heavy atom. The van der Waals surface area contributed by atoms with Gasteiger partial charge in [-0.25, -0.2) is 9.79 Å². The molecule has 1 N–H and O–H groups in total. The zero-order valence-electron chi connectivity index (χ0n) is 13.2. The van der Waals surface area contributed by atoms with E-state index in [1.807, 2.05) is 4.90 Å². The molecule has 2 atom stereocenters. The van der Waals surface area contributed by atoms with Crippen molar-refractivity contribution in [3.8, 4) is 0 Å². The normalized spacial score (nSPS) is 26.2. The lowest BCUT2D eigenvalue weighted by atomic mass is 10.1. The molecule has 7 nitrogen and oxygen atoms in total. The van der Waals surface area contributed by atoms with Gasteiger partial charge in [-0.15, -0.1) is 0 Å². The van der Waals surface area contributed by atoms with E-state index < -0.39 is 12.2 Å². The SMILES string of the molecule is Cc1ccc(CN2CCN3C2=NC2C3C(=O)NC(=O)N2C)cc1. The number of carbonyl (C=O) groups is 2. The number of benzene rings is 1. The van der Waals surface area contributed by atoms with E-state index in [0.717, 1.165) is 25.6 Å². The van der Waals surface area contributed by atoms with Gasteiger partial charge >= 0.3 is 6.03 Å². The molecular formula is C16H19N5O2. The fraction of sp³-hybridized carbons (Fsp3) is 0.438. The standard InChI is InChI=1S/C16H19N5O2/c1-10-3-5-11(6-4-10)9-20-7-8-21-12-13(17-15(20)21)19(2)16(23)18-14(12)22/h3-6,12-13H,7-9H2,1-2H3,(H,18,22,23). The predicted molar refractivity (Wildman–Crippen MR) is 84.6 cm³/mol. The van der Waals surface area contributed by atoms with Gasteiger partial charge in [0, 0.05) is 26.7 Å². The second-order valence-electron chi connectivity index (χ2n) is 6.29. The topological polar surface area (TPSA) is 68.2 Å². The fourth-order valence-electron chi connectivity index (χ4n) is 3.41. The second kappa shape index (κ2) is 4.97. The molecule has 0 aromatic heterocycles. The van der Waals surface area contributed by atoms with E-state index in [-0.39, 0.29) is 11.9 Å². The Bertz CT molecular complexity index is 699. The molecule has 2 unspecified atom stereocenters. The number of fused-ring (bicyclic) bond motifs is 3. The first kappa shape index (κ1) is 14.0. The number of amides is 3. The Hall–Kier alpha value is -2.57. The van der Waals surface area contributed by atoms with Crippen molar-refractivity contribution in [2.45, 2.75) is 25.7 Å². The summed E-state index contributed by atoms with van der Waals surface area (Å²) >= 11 is 0. The van der Waals surface area contributed by atoms with Gasteiger partial charge in [-0.2, -0.15) is 0 Å². The van der Waals surface area contributed by atoms with E-state index in [1.54, 1.807) is 7.05 Å². The maximum atomic E-state index is 12.2. The van der Waals surface area contributed by atoms with Crippen LogP contribution in [0.1, 0.15) is 11.1 Å². The van der Waals surface area contributed by atoms with Crippen LogP contribution in [0.2, 0.25) is 0 Å². The van der Waals surface area contributed by atoms with Crippen LogP contribution in [0.3, 0.4) is 0 Å². The number of imide groups is 1. The van der Waals surface area contributed by atoms with E-state index in [1.165, 1.54) is 16.0 Å². The third kappa shape index (κ3) is 2.15. The summed E-state index contributed by atoms with van der Waals surface area (Å²) in [5, 5.41) is 2.40. The molecule has 0 saturated carbocycles. The smallest absolute Gasteiger partial charge is 0.325 e. The Kier molecular flexibility index (Phi) is 3.04. The number of hydrogen-bond acceptors (Lipinski definition) is 5. The summed E-state index contributed by atoms with van der Waals surface area (Å²) in [4.78, 5) is 34.3. The first-order valence-electron chi connectivity index (χ1n) is 7.77. The molecule has 0 aliphatic carbocycles. The molecule has 2 saturated heterocycles. The summed E-state index contributed by atoms with van der Waals surface area (Å²) in [5.74, 6) is 0.561. The molecule has 3 aliphatic heterocycles. The molecule has 3 heterocycles. The van der Waals surface area contributed by atoms with E-state index in [2.05, 4.69) is 46.4 Å². The van der Waals surface area contributed by atoms with Gasteiger partial charge in [0.2, 0.25) is 0 Å². The monoisotopic (exact) mass is 313 g/mol. The average Bonchev–Trinajstić information content (AvgIpc) is 3.07. The molecule has 3 amide bonds. The van der Waals surface area contributed by atoms with Crippen molar-refractivity contribution in [2.75, 3.05) is 20.1 Å². The van der Waals surface area contributed by atoms with Crippen molar-refractivity contribution in [1.82, 2.24) is 20.0 Å². The summed E-state index contributed by atoms with van der Waals surface area (Å²) in [6.07, 6.45) is -0.424. The van der Waals surface area contributed by atoms with Crippen LogP contribution in [-0.2, 0) is 11.3 Å². The van der Waals surface area contributed by atoms with Crippen molar-refractivity contribution in [1.29, 1.82) is 0 Å². The largest absolute Gasteiger partial charge is 0.337 e. The molecule has 1 aromatic rings. The number of nitrogens with zero attached hydrogens (tertiary/aromatic N) is 4. The number of guanidine groups is 1. The van der Waals surface area contributed by atoms with Crippen LogP contribution < -0.4 is 5.32 Å². The Morgan fingerprint density at radius 1 is 1.22 bits per heavy atom. The number of aliphatic imine (C=N–C) groups is 1. The minimum absolute atomic E-state index is 0.256. The molecule has 2 fully saturated rings. The fourth-order valence-corrected chi connectivity index (χ4v) is 3.41. The van der Waals surface area contributed by atoms with Crippen LogP contribution in [0.15, 0.2) is 29.3 Å². The molecule has 120 valence electrons. The van der Waals surface area contributed by atoms with Crippen LogP contribution in [0.5, 0.6) is 0 Å². The number of urea groups is 1. The zero-order valence-corrected chi connectivity index (χ0v) is 13.2. The molecule has 3 aliphatic rings. The Morgan fingerprint density at radius 2 is 1.96 bits per heavy atom. The lowest BCUT2D eigenvalue weighted by Crippen LogP contribution is -2.63. The van der Waals surface area contributed by atoms with Gasteiger partial charge < -0.3 is 14.7 Å². The summed E-state index contributed by atoms with van der Waals surface area (Å²) in [6, 6.07) is 7.63. The average molecular weight is 313 g/mol. The van der Waals surface area contributed by atoms with Gasteiger partial charge in [-0.3, -0.25) is 10.1 Å². The highest BCUT2D eigenvalue weighted by molar-refractivity contribution is 6.04. The second-order valence-corrected chi connectivity index (χ2v) is 6.29. The van der Waals surface area contributed by atoms with Crippen LogP contribution in [0, 0.1) is 6.92 Å². The minimum atomic E-state index is -0.424. The third-order valence-corrected chi connectivity index (χ3v) is 4.73. The summed E-state index contributed by atoms with van der Waals surface area (Å²) < 4.78 is 0. The first-order chi connectivity index (χ1) is 11.0. The summed E-state index contributed by atoms with van der Waals surface area (Å²) in [7, 11) is 1.68. The van der Waals surface area contributed by atoms with Crippen molar-refractivity contribution in [3.63, 3.8) is 0 Å². The minimum Gasteiger partial charge on any atom is -0.337 e. The number of aryl methyl sites for hydroxylation is 1. The van der Waals surface area contributed by atoms with Crippen molar-refractivity contribution >= 4 is 17.9 Å². The Balaban J connectivity index is 1.58. The number of rotatable bonds is 2. The molecular weight excluding hydrogens is 294 g/mol. The van der Waals surface area contributed by atoms with E-state index in [0.29, 0.717) is 0 Å². The van der Waals surface area contributed by atoms with Crippen molar-refractivity contribution < 1.29 is 9.59 Å². The summed E-state index contributed by atoms with van der Waals surface area (Å²) in [5.41, 5.74) is 2.45. The van der Waals surface area contributed by atoms with Crippen molar-refractivity contribution in [2.24, 2.45) is 4.99 Å². The summed E-state index contributed by atoms with van der Waals surface area (Å²) in [6.45, 7) is 4.41. The number of nitrogens with one attached hydrogen (secondary N) is 1. The Labute approximate surface area is 134 Å². The van der Waals surface area contributed by atoms with Crippen LogP contribution in [0.25, 0.3) is 0 Å². The van der Waals surface area contributed by atoms with Gasteiger partial charge in [0.1, 0.15) is 0 Å². The maximum absolute atomic E-state index is 12.2. The predicted octanol–water partition coefficient (Wildman–Crippen LogP) is 0.359. The van der Waals surface area contributed by atoms with Crippen molar-refractivity contribution in [3.05, 3.63) is 35.4 Å². The van der Waals surface area contributed by atoms with Gasteiger partial charge in [-0.1, -0.05) is 29.8 Å². The van der Waals surface area contributed by atoms with E-state index >= 15 is 0 Å². The maximum Gasteiger partial charge on any atom is 0.325 e. The number of hydrogen-bond donors (Lipinski definition) is 1. The van der Waals surface area contributed by atoms with Gasteiger partial charge in [-0.05, 0) is 12.5 Å². The number of likely N-dealkylation sites (N-methyl/N-ethyl adjacent to an activating group) is 1. The van der Waals surface area contributed by atoms with Crippen LogP contribution >= 0.6 is 0 Å².